The minimum Gasteiger partial charge on any atom is -0.386 e. The quantitative estimate of drug-likeness (QED) is 0.907. The summed E-state index contributed by atoms with van der Waals surface area (Å²) >= 11 is 1.40. The Bertz CT molecular complexity index is 574. The molecule has 3 N–H and O–H groups in total. The second kappa shape index (κ2) is 5.73. The minimum atomic E-state index is -1.00. The summed E-state index contributed by atoms with van der Waals surface area (Å²) in [6.45, 7) is 1.86. The molecule has 0 saturated carbocycles. The summed E-state index contributed by atoms with van der Waals surface area (Å²) < 4.78 is 26.6. The number of aliphatic hydroxyl groups excluding tert-OH is 1. The van der Waals surface area contributed by atoms with E-state index in [4.69, 9.17) is 5.73 Å². The standard InChI is InChI=1S/C13H14F2N2OS/c1-7-17-12(6-19-7)13(18)10(5-16)9-3-2-8(14)4-11(9)15/h2-4,6,10,13,18H,5,16H2,1H3. The predicted octanol–water partition coefficient (Wildman–Crippen LogP) is 2.51. The molecule has 1 aromatic heterocycles. The molecule has 2 unspecified atom stereocenters. The van der Waals surface area contributed by atoms with Crippen molar-refractivity contribution in [2.45, 2.75) is 18.9 Å². The molecule has 1 aromatic carbocycles. The number of aryl methyl sites for hydroxylation is 1. The summed E-state index contributed by atoms with van der Waals surface area (Å²) in [5.41, 5.74) is 6.27. The lowest BCUT2D eigenvalue weighted by atomic mass is 9.91. The van der Waals surface area contributed by atoms with Crippen LogP contribution in [0.5, 0.6) is 0 Å². The number of thiazole rings is 1. The van der Waals surface area contributed by atoms with Crippen LogP contribution in [0.4, 0.5) is 8.78 Å². The lowest BCUT2D eigenvalue weighted by Crippen LogP contribution is -2.21. The number of hydrogen-bond acceptors (Lipinski definition) is 4. The highest BCUT2D eigenvalue weighted by Crippen LogP contribution is 2.32. The molecule has 0 radical (unpaired) electrons. The summed E-state index contributed by atoms with van der Waals surface area (Å²) in [5, 5.41) is 12.8. The van der Waals surface area contributed by atoms with E-state index >= 15 is 0 Å². The molecule has 0 amide bonds. The molecule has 0 saturated heterocycles. The van der Waals surface area contributed by atoms with Crippen LogP contribution in [0.15, 0.2) is 23.6 Å². The molecule has 0 bridgehead atoms. The van der Waals surface area contributed by atoms with Crippen LogP contribution >= 0.6 is 11.3 Å². The molecule has 1 heterocycles. The second-order valence-electron chi connectivity index (χ2n) is 4.24. The summed E-state index contributed by atoms with van der Waals surface area (Å²) in [6.07, 6.45) is -1.00. The SMILES string of the molecule is Cc1nc(C(O)C(CN)c2ccc(F)cc2F)cs1. The Labute approximate surface area is 113 Å². The maximum Gasteiger partial charge on any atom is 0.129 e. The number of aliphatic hydroxyl groups is 1. The first-order valence-corrected chi connectivity index (χ1v) is 6.66. The summed E-state index contributed by atoms with van der Waals surface area (Å²) in [6, 6.07) is 3.25. The van der Waals surface area contributed by atoms with E-state index in [1.807, 2.05) is 6.92 Å². The van der Waals surface area contributed by atoms with E-state index in [0.29, 0.717) is 5.69 Å². The zero-order valence-corrected chi connectivity index (χ0v) is 11.1. The number of aromatic nitrogens is 1. The van der Waals surface area contributed by atoms with Gasteiger partial charge in [0, 0.05) is 23.9 Å². The third kappa shape index (κ3) is 2.97. The Hall–Kier alpha value is -1.37. The van der Waals surface area contributed by atoms with Crippen molar-refractivity contribution in [3.05, 3.63) is 51.5 Å². The molecular weight excluding hydrogens is 270 g/mol. The lowest BCUT2D eigenvalue weighted by molar-refractivity contribution is 0.141. The van der Waals surface area contributed by atoms with Crippen molar-refractivity contribution in [1.29, 1.82) is 0 Å². The number of nitrogens with two attached hydrogens (primary N) is 1. The molecular formula is C13H14F2N2OS. The maximum atomic E-state index is 13.7. The van der Waals surface area contributed by atoms with Crippen molar-refractivity contribution >= 4 is 11.3 Å². The van der Waals surface area contributed by atoms with Gasteiger partial charge >= 0.3 is 0 Å². The predicted molar refractivity (Wildman–Crippen MR) is 70.0 cm³/mol. The average Bonchev–Trinajstić information content (AvgIpc) is 2.79. The van der Waals surface area contributed by atoms with E-state index in [0.717, 1.165) is 17.1 Å². The van der Waals surface area contributed by atoms with Gasteiger partial charge in [0.05, 0.1) is 10.7 Å². The number of hydrogen-bond donors (Lipinski definition) is 2. The molecule has 0 spiro atoms. The Balaban J connectivity index is 2.33. The lowest BCUT2D eigenvalue weighted by Gasteiger charge is -2.21. The molecule has 19 heavy (non-hydrogen) atoms. The van der Waals surface area contributed by atoms with Crippen molar-refractivity contribution in [2.24, 2.45) is 5.73 Å². The first kappa shape index (κ1) is 14.0. The van der Waals surface area contributed by atoms with Crippen LogP contribution in [0.1, 0.15) is 28.3 Å². The molecule has 2 atom stereocenters. The fourth-order valence-electron chi connectivity index (χ4n) is 1.95. The van der Waals surface area contributed by atoms with Crippen LogP contribution in [0.25, 0.3) is 0 Å². The van der Waals surface area contributed by atoms with Crippen LogP contribution in [-0.2, 0) is 0 Å². The normalized spacial score (nSPS) is 14.4. The van der Waals surface area contributed by atoms with Gasteiger partial charge < -0.3 is 10.8 Å². The summed E-state index contributed by atoms with van der Waals surface area (Å²) in [4.78, 5) is 4.17. The van der Waals surface area contributed by atoms with Gasteiger partial charge in [-0.2, -0.15) is 0 Å². The van der Waals surface area contributed by atoms with Crippen molar-refractivity contribution in [3.63, 3.8) is 0 Å². The fraction of sp³-hybridized carbons (Fsp3) is 0.308. The first-order valence-electron chi connectivity index (χ1n) is 5.78. The molecule has 0 aliphatic heterocycles. The van der Waals surface area contributed by atoms with E-state index in [2.05, 4.69) is 4.98 Å². The van der Waals surface area contributed by atoms with E-state index in [-0.39, 0.29) is 12.1 Å². The van der Waals surface area contributed by atoms with Crippen LogP contribution < -0.4 is 5.73 Å². The molecule has 2 rings (SSSR count). The first-order chi connectivity index (χ1) is 9.02. The minimum absolute atomic E-state index is 0.0420. The van der Waals surface area contributed by atoms with E-state index in [9.17, 15) is 13.9 Å². The summed E-state index contributed by atoms with van der Waals surface area (Å²) in [7, 11) is 0. The molecule has 0 fully saturated rings. The largest absolute Gasteiger partial charge is 0.386 e. The highest BCUT2D eigenvalue weighted by atomic mass is 32.1. The molecule has 3 nitrogen and oxygen atoms in total. The number of nitrogens with zero attached hydrogens (tertiary/aromatic N) is 1. The van der Waals surface area contributed by atoms with Crippen LogP contribution in [-0.4, -0.2) is 16.6 Å². The van der Waals surface area contributed by atoms with Crippen molar-refractivity contribution in [2.75, 3.05) is 6.54 Å². The maximum absolute atomic E-state index is 13.7. The van der Waals surface area contributed by atoms with E-state index in [1.165, 1.54) is 17.4 Å². The third-order valence-corrected chi connectivity index (χ3v) is 3.73. The summed E-state index contributed by atoms with van der Waals surface area (Å²) in [5.74, 6) is -2.01. The van der Waals surface area contributed by atoms with Crippen molar-refractivity contribution < 1.29 is 13.9 Å². The van der Waals surface area contributed by atoms with Gasteiger partial charge in [-0.25, -0.2) is 13.8 Å². The number of halogens is 2. The van der Waals surface area contributed by atoms with Gasteiger partial charge in [0.15, 0.2) is 0 Å². The van der Waals surface area contributed by atoms with Gasteiger partial charge in [0.25, 0.3) is 0 Å². The monoisotopic (exact) mass is 284 g/mol. The molecule has 0 aliphatic carbocycles. The molecule has 2 aromatic rings. The Kier molecular flexibility index (Phi) is 4.24. The van der Waals surface area contributed by atoms with Gasteiger partial charge in [-0.3, -0.25) is 0 Å². The molecule has 6 heteroatoms. The van der Waals surface area contributed by atoms with E-state index in [1.54, 1.807) is 5.38 Å². The van der Waals surface area contributed by atoms with Crippen molar-refractivity contribution in [3.8, 4) is 0 Å². The highest BCUT2D eigenvalue weighted by Gasteiger charge is 2.26. The Morgan fingerprint density at radius 2 is 2.16 bits per heavy atom. The van der Waals surface area contributed by atoms with Gasteiger partial charge in [-0.05, 0) is 18.6 Å². The topological polar surface area (TPSA) is 59.1 Å². The molecule has 102 valence electrons. The zero-order valence-electron chi connectivity index (χ0n) is 10.3. The zero-order chi connectivity index (χ0) is 14.0. The number of benzene rings is 1. The van der Waals surface area contributed by atoms with Gasteiger partial charge in [0.1, 0.15) is 17.7 Å². The van der Waals surface area contributed by atoms with Crippen LogP contribution in [0, 0.1) is 18.6 Å². The van der Waals surface area contributed by atoms with Gasteiger partial charge in [-0.1, -0.05) is 6.07 Å². The second-order valence-corrected chi connectivity index (χ2v) is 5.31. The number of rotatable bonds is 4. The van der Waals surface area contributed by atoms with Gasteiger partial charge in [0.2, 0.25) is 0 Å². The Morgan fingerprint density at radius 3 is 2.68 bits per heavy atom. The van der Waals surface area contributed by atoms with Gasteiger partial charge in [-0.15, -0.1) is 11.3 Å². The highest BCUT2D eigenvalue weighted by molar-refractivity contribution is 7.09. The van der Waals surface area contributed by atoms with Crippen LogP contribution in [0.3, 0.4) is 0 Å². The van der Waals surface area contributed by atoms with Crippen LogP contribution in [0.2, 0.25) is 0 Å². The smallest absolute Gasteiger partial charge is 0.129 e. The fourth-order valence-corrected chi connectivity index (χ4v) is 2.59. The Morgan fingerprint density at radius 1 is 1.42 bits per heavy atom. The average molecular weight is 284 g/mol. The molecule has 0 aliphatic rings. The van der Waals surface area contributed by atoms with E-state index < -0.39 is 23.7 Å². The third-order valence-electron chi connectivity index (χ3n) is 2.94. The van der Waals surface area contributed by atoms with Crippen molar-refractivity contribution in [1.82, 2.24) is 4.98 Å².